The van der Waals surface area contributed by atoms with E-state index in [2.05, 4.69) is 17.2 Å². The fourth-order valence-corrected chi connectivity index (χ4v) is 1.97. The first-order valence-electron chi connectivity index (χ1n) is 6.28. The molecule has 0 amide bonds. The fraction of sp³-hybridized carbons (Fsp3) is 0.333. The van der Waals surface area contributed by atoms with Gasteiger partial charge in [-0.25, -0.2) is 0 Å². The molecule has 18 heavy (non-hydrogen) atoms. The molecule has 0 unspecified atom stereocenters. The number of carbonyl (C=O) groups excluding carboxylic acids is 1. The summed E-state index contributed by atoms with van der Waals surface area (Å²) in [6, 6.07) is 12.1. The molecule has 0 bridgehead atoms. The van der Waals surface area contributed by atoms with Crippen molar-refractivity contribution in [1.82, 2.24) is 9.78 Å². The Morgan fingerprint density at radius 3 is 2.50 bits per heavy atom. The van der Waals surface area contributed by atoms with Crippen molar-refractivity contribution in [2.75, 3.05) is 0 Å². The lowest BCUT2D eigenvalue weighted by Gasteiger charge is -2.02. The van der Waals surface area contributed by atoms with E-state index in [0.717, 1.165) is 18.5 Å². The van der Waals surface area contributed by atoms with E-state index in [4.69, 9.17) is 0 Å². The Bertz CT molecular complexity index is 502. The third kappa shape index (κ3) is 3.55. The van der Waals surface area contributed by atoms with Crippen LogP contribution in [0.25, 0.3) is 0 Å². The van der Waals surface area contributed by atoms with E-state index in [-0.39, 0.29) is 0 Å². The highest BCUT2D eigenvalue weighted by atomic mass is 16.1. The normalized spacial score (nSPS) is 10.5. The summed E-state index contributed by atoms with van der Waals surface area (Å²) in [7, 11) is 1.91. The van der Waals surface area contributed by atoms with Crippen LogP contribution in [-0.4, -0.2) is 15.6 Å². The molecule has 1 aromatic heterocycles. The monoisotopic (exact) mass is 242 g/mol. The molecule has 0 radical (unpaired) electrons. The van der Waals surface area contributed by atoms with Gasteiger partial charge in [-0.1, -0.05) is 30.3 Å². The smallest absolute Gasteiger partial charge is 0.133 e. The number of ketones is 1. The zero-order chi connectivity index (χ0) is 12.8. The number of benzene rings is 1. The van der Waals surface area contributed by atoms with Crippen molar-refractivity contribution in [3.05, 3.63) is 53.9 Å². The van der Waals surface area contributed by atoms with E-state index in [1.54, 1.807) is 6.20 Å². The van der Waals surface area contributed by atoms with Gasteiger partial charge < -0.3 is 0 Å². The van der Waals surface area contributed by atoms with E-state index < -0.39 is 0 Å². The van der Waals surface area contributed by atoms with Crippen LogP contribution in [-0.2, 0) is 24.7 Å². The molecule has 0 aliphatic heterocycles. The van der Waals surface area contributed by atoms with Crippen molar-refractivity contribution in [2.45, 2.75) is 25.7 Å². The van der Waals surface area contributed by atoms with Crippen LogP contribution in [0.2, 0.25) is 0 Å². The number of rotatable bonds is 6. The summed E-state index contributed by atoms with van der Waals surface area (Å²) < 4.78 is 1.82. The minimum Gasteiger partial charge on any atom is -0.300 e. The van der Waals surface area contributed by atoms with Gasteiger partial charge in [0.05, 0.1) is 0 Å². The van der Waals surface area contributed by atoms with Crippen LogP contribution in [0.1, 0.15) is 24.1 Å². The van der Waals surface area contributed by atoms with Crippen molar-refractivity contribution in [1.29, 1.82) is 0 Å². The Hall–Kier alpha value is -1.90. The van der Waals surface area contributed by atoms with Crippen LogP contribution in [0.4, 0.5) is 0 Å². The maximum Gasteiger partial charge on any atom is 0.133 e. The van der Waals surface area contributed by atoms with Gasteiger partial charge in [0.25, 0.3) is 0 Å². The molecule has 3 heteroatoms. The molecular weight excluding hydrogens is 224 g/mol. The number of carbonyl (C=O) groups is 1. The van der Waals surface area contributed by atoms with Crippen molar-refractivity contribution in [3.63, 3.8) is 0 Å². The first-order chi connectivity index (χ1) is 8.75. The van der Waals surface area contributed by atoms with E-state index >= 15 is 0 Å². The number of aryl methyl sites for hydroxylation is 3. The maximum absolute atomic E-state index is 11.8. The molecule has 0 atom stereocenters. The summed E-state index contributed by atoms with van der Waals surface area (Å²) in [4.78, 5) is 11.8. The number of Topliss-reactive ketones (excluding diaryl/α,β-unsaturated/α-hetero) is 1. The summed E-state index contributed by atoms with van der Waals surface area (Å²) in [5.74, 6) is 0.319. The molecule has 0 aliphatic carbocycles. The Balaban J connectivity index is 1.75. The lowest BCUT2D eigenvalue weighted by atomic mass is 10.0. The molecular formula is C15H18N2O. The number of hydrogen-bond acceptors (Lipinski definition) is 2. The zero-order valence-electron chi connectivity index (χ0n) is 10.7. The SMILES string of the molecule is Cn1nccc1CCC(=O)CCc1ccccc1. The van der Waals surface area contributed by atoms with Gasteiger partial charge in [0.2, 0.25) is 0 Å². The van der Waals surface area contributed by atoms with Gasteiger partial charge in [-0.2, -0.15) is 5.10 Å². The van der Waals surface area contributed by atoms with E-state index in [1.165, 1.54) is 5.56 Å². The Morgan fingerprint density at radius 2 is 1.83 bits per heavy atom. The van der Waals surface area contributed by atoms with Gasteiger partial charge in [-0.3, -0.25) is 9.48 Å². The summed E-state index contributed by atoms with van der Waals surface area (Å²) in [5.41, 5.74) is 2.34. The van der Waals surface area contributed by atoms with Gasteiger partial charge in [-0.15, -0.1) is 0 Å². The molecule has 0 saturated heterocycles. The highest BCUT2D eigenvalue weighted by Gasteiger charge is 2.05. The van der Waals surface area contributed by atoms with Gasteiger partial charge in [0, 0.05) is 31.8 Å². The Morgan fingerprint density at radius 1 is 1.11 bits per heavy atom. The third-order valence-corrected chi connectivity index (χ3v) is 3.12. The van der Waals surface area contributed by atoms with Crippen LogP contribution >= 0.6 is 0 Å². The lowest BCUT2D eigenvalue weighted by Crippen LogP contribution is -2.05. The molecule has 1 heterocycles. The number of hydrogen-bond donors (Lipinski definition) is 0. The Kier molecular flexibility index (Phi) is 4.29. The van der Waals surface area contributed by atoms with Crippen LogP contribution in [0.15, 0.2) is 42.6 Å². The predicted octanol–water partition coefficient (Wildman–Crippen LogP) is 2.55. The van der Waals surface area contributed by atoms with E-state index in [1.807, 2.05) is 36.0 Å². The Labute approximate surface area is 107 Å². The van der Waals surface area contributed by atoms with Crippen LogP contribution < -0.4 is 0 Å². The van der Waals surface area contributed by atoms with Crippen molar-refractivity contribution in [3.8, 4) is 0 Å². The molecule has 2 rings (SSSR count). The van der Waals surface area contributed by atoms with Gasteiger partial charge in [-0.05, 0) is 24.5 Å². The minimum absolute atomic E-state index is 0.319. The van der Waals surface area contributed by atoms with Gasteiger partial charge in [0.15, 0.2) is 0 Å². The predicted molar refractivity (Wildman–Crippen MR) is 71.3 cm³/mol. The maximum atomic E-state index is 11.8. The second kappa shape index (κ2) is 6.15. The zero-order valence-corrected chi connectivity index (χ0v) is 10.7. The highest BCUT2D eigenvalue weighted by Crippen LogP contribution is 2.07. The second-order valence-corrected chi connectivity index (χ2v) is 4.47. The van der Waals surface area contributed by atoms with E-state index in [0.29, 0.717) is 18.6 Å². The molecule has 0 spiro atoms. The average molecular weight is 242 g/mol. The summed E-state index contributed by atoms with van der Waals surface area (Å²) in [5, 5.41) is 4.09. The number of nitrogens with zero attached hydrogens (tertiary/aromatic N) is 2. The summed E-state index contributed by atoms with van der Waals surface area (Å²) in [6.45, 7) is 0. The van der Waals surface area contributed by atoms with Crippen molar-refractivity contribution in [2.24, 2.45) is 7.05 Å². The molecule has 0 N–H and O–H groups in total. The molecule has 3 nitrogen and oxygen atoms in total. The first kappa shape index (κ1) is 12.6. The first-order valence-corrected chi connectivity index (χ1v) is 6.28. The van der Waals surface area contributed by atoms with Crippen molar-refractivity contribution < 1.29 is 4.79 Å². The van der Waals surface area contributed by atoms with Crippen LogP contribution in [0.3, 0.4) is 0 Å². The van der Waals surface area contributed by atoms with Crippen molar-refractivity contribution >= 4 is 5.78 Å². The molecule has 0 fully saturated rings. The molecule has 1 aromatic carbocycles. The van der Waals surface area contributed by atoms with Crippen LogP contribution in [0, 0.1) is 0 Å². The molecule has 2 aromatic rings. The average Bonchev–Trinajstić information content (AvgIpc) is 2.81. The topological polar surface area (TPSA) is 34.9 Å². The third-order valence-electron chi connectivity index (χ3n) is 3.12. The molecule has 0 aliphatic rings. The van der Waals surface area contributed by atoms with Crippen LogP contribution in [0.5, 0.6) is 0 Å². The fourth-order valence-electron chi connectivity index (χ4n) is 1.97. The summed E-state index contributed by atoms with van der Waals surface area (Å²) >= 11 is 0. The highest BCUT2D eigenvalue weighted by molar-refractivity contribution is 5.78. The van der Waals surface area contributed by atoms with Gasteiger partial charge in [0.1, 0.15) is 5.78 Å². The number of aromatic nitrogens is 2. The standard InChI is InChI=1S/C15H18N2O/c1-17-14(11-12-16-17)8-10-15(18)9-7-13-5-3-2-4-6-13/h2-6,11-12H,7-10H2,1H3. The lowest BCUT2D eigenvalue weighted by molar-refractivity contribution is -0.119. The quantitative estimate of drug-likeness (QED) is 0.780. The largest absolute Gasteiger partial charge is 0.300 e. The molecule has 94 valence electrons. The second-order valence-electron chi connectivity index (χ2n) is 4.47. The van der Waals surface area contributed by atoms with Gasteiger partial charge >= 0.3 is 0 Å². The summed E-state index contributed by atoms with van der Waals surface area (Å²) in [6.07, 6.45) is 4.62. The molecule has 0 saturated carbocycles. The van der Waals surface area contributed by atoms with E-state index in [9.17, 15) is 4.79 Å². The minimum atomic E-state index is 0.319.